The number of halogens is 2. The van der Waals surface area contributed by atoms with Gasteiger partial charge in [-0.15, -0.1) is 0 Å². The molecule has 0 bridgehead atoms. The number of ether oxygens (including phenoxy) is 3. The molecule has 6 nitrogen and oxygen atoms in total. The zero-order valence-corrected chi connectivity index (χ0v) is 13.8. The lowest BCUT2D eigenvalue weighted by Gasteiger charge is -2.06. The topological polar surface area (TPSA) is 69.2 Å². The number of benzene rings is 2. The summed E-state index contributed by atoms with van der Waals surface area (Å²) in [4.78, 5) is 11.7. The molecule has 0 atom stereocenters. The number of fused-ring (bicyclic) bond motifs is 1. The van der Waals surface area contributed by atoms with Crippen molar-refractivity contribution in [3.8, 4) is 17.2 Å². The zero-order chi connectivity index (χ0) is 16.9. The van der Waals surface area contributed by atoms with Crippen LogP contribution < -0.4 is 19.6 Å². The van der Waals surface area contributed by atoms with Gasteiger partial charge >= 0.3 is 0 Å². The normalized spacial score (nSPS) is 12.4. The molecule has 1 N–H and O–H groups in total. The van der Waals surface area contributed by atoms with E-state index in [9.17, 15) is 4.79 Å². The Labute approximate surface area is 147 Å². The molecular formula is C16H12Cl2N2O4. The van der Waals surface area contributed by atoms with E-state index in [2.05, 4.69) is 10.5 Å². The fourth-order valence-electron chi connectivity index (χ4n) is 1.98. The van der Waals surface area contributed by atoms with Gasteiger partial charge in [0.1, 0.15) is 5.75 Å². The van der Waals surface area contributed by atoms with Crippen molar-refractivity contribution in [2.75, 3.05) is 13.4 Å². The molecule has 1 amide bonds. The van der Waals surface area contributed by atoms with Crippen LogP contribution in [0.1, 0.15) is 5.56 Å². The Morgan fingerprint density at radius 1 is 1.25 bits per heavy atom. The van der Waals surface area contributed by atoms with Crippen molar-refractivity contribution in [1.82, 2.24) is 5.43 Å². The van der Waals surface area contributed by atoms with Crippen molar-refractivity contribution in [3.63, 3.8) is 0 Å². The van der Waals surface area contributed by atoms with Crippen LogP contribution in [0.5, 0.6) is 17.2 Å². The Balaban J connectivity index is 1.54. The molecule has 0 spiro atoms. The SMILES string of the molecule is O=C(COc1ccccc1Cl)N/N=C\c1cc(Cl)c2c(c1)OCO2. The Bertz CT molecular complexity index is 796. The predicted octanol–water partition coefficient (Wildman–Crippen LogP) is 3.25. The molecule has 0 aliphatic carbocycles. The van der Waals surface area contributed by atoms with Gasteiger partial charge in [0.25, 0.3) is 5.91 Å². The predicted molar refractivity (Wildman–Crippen MR) is 90.3 cm³/mol. The Morgan fingerprint density at radius 2 is 2.08 bits per heavy atom. The van der Waals surface area contributed by atoms with Crippen LogP contribution in [0.25, 0.3) is 0 Å². The molecule has 2 aromatic rings. The number of amides is 1. The van der Waals surface area contributed by atoms with Gasteiger partial charge in [-0.2, -0.15) is 5.10 Å². The Kier molecular flexibility index (Phi) is 5.08. The first-order chi connectivity index (χ1) is 11.6. The summed E-state index contributed by atoms with van der Waals surface area (Å²) >= 11 is 12.0. The van der Waals surface area contributed by atoms with Gasteiger partial charge in [-0.1, -0.05) is 35.3 Å². The van der Waals surface area contributed by atoms with Crippen LogP contribution in [-0.4, -0.2) is 25.5 Å². The van der Waals surface area contributed by atoms with Gasteiger partial charge < -0.3 is 14.2 Å². The van der Waals surface area contributed by atoms with Crippen LogP contribution in [0, 0.1) is 0 Å². The third-order valence-electron chi connectivity index (χ3n) is 3.05. The average molecular weight is 367 g/mol. The fraction of sp³-hybridized carbons (Fsp3) is 0.125. The maximum Gasteiger partial charge on any atom is 0.277 e. The van der Waals surface area contributed by atoms with Gasteiger partial charge in [-0.05, 0) is 29.8 Å². The van der Waals surface area contributed by atoms with Gasteiger partial charge in [-0.3, -0.25) is 4.79 Å². The molecule has 24 heavy (non-hydrogen) atoms. The molecule has 124 valence electrons. The van der Waals surface area contributed by atoms with E-state index in [1.54, 1.807) is 36.4 Å². The smallest absolute Gasteiger partial charge is 0.277 e. The van der Waals surface area contributed by atoms with E-state index in [0.29, 0.717) is 32.9 Å². The minimum atomic E-state index is -0.419. The highest BCUT2D eigenvalue weighted by atomic mass is 35.5. The highest BCUT2D eigenvalue weighted by molar-refractivity contribution is 6.32. The summed E-state index contributed by atoms with van der Waals surface area (Å²) in [6.07, 6.45) is 1.45. The van der Waals surface area contributed by atoms with E-state index < -0.39 is 5.91 Å². The summed E-state index contributed by atoms with van der Waals surface area (Å²) in [5, 5.41) is 4.70. The molecule has 8 heteroatoms. The maximum absolute atomic E-state index is 11.7. The molecule has 0 unspecified atom stereocenters. The summed E-state index contributed by atoms with van der Waals surface area (Å²) < 4.78 is 15.8. The fourth-order valence-corrected chi connectivity index (χ4v) is 2.44. The number of hydrogen-bond donors (Lipinski definition) is 1. The number of carbonyl (C=O) groups is 1. The van der Waals surface area contributed by atoms with Crippen LogP contribution in [0.4, 0.5) is 0 Å². The first-order valence-electron chi connectivity index (χ1n) is 6.92. The summed E-state index contributed by atoms with van der Waals surface area (Å²) in [7, 11) is 0. The van der Waals surface area contributed by atoms with E-state index >= 15 is 0 Å². The lowest BCUT2D eigenvalue weighted by Crippen LogP contribution is -2.24. The van der Waals surface area contributed by atoms with Crippen molar-refractivity contribution in [3.05, 3.63) is 52.0 Å². The summed E-state index contributed by atoms with van der Waals surface area (Å²) in [6, 6.07) is 10.3. The number of rotatable bonds is 5. The minimum Gasteiger partial charge on any atom is -0.482 e. The molecule has 1 heterocycles. The van der Waals surface area contributed by atoms with Crippen molar-refractivity contribution in [2.45, 2.75) is 0 Å². The highest BCUT2D eigenvalue weighted by Crippen LogP contribution is 2.39. The highest BCUT2D eigenvalue weighted by Gasteiger charge is 2.17. The van der Waals surface area contributed by atoms with Crippen molar-refractivity contribution >= 4 is 35.3 Å². The summed E-state index contributed by atoms with van der Waals surface area (Å²) in [6.45, 7) is -0.0747. The molecule has 2 aromatic carbocycles. The molecule has 0 saturated carbocycles. The number of hydrazone groups is 1. The van der Waals surface area contributed by atoms with Crippen LogP contribution in [0.15, 0.2) is 41.5 Å². The maximum atomic E-state index is 11.7. The Morgan fingerprint density at radius 3 is 2.92 bits per heavy atom. The van der Waals surface area contributed by atoms with Gasteiger partial charge in [0.05, 0.1) is 16.3 Å². The third-order valence-corrected chi connectivity index (χ3v) is 3.64. The van der Waals surface area contributed by atoms with Crippen LogP contribution in [0.2, 0.25) is 10.0 Å². The molecule has 1 aliphatic rings. The van der Waals surface area contributed by atoms with E-state index in [4.69, 9.17) is 37.4 Å². The first-order valence-corrected chi connectivity index (χ1v) is 7.67. The second-order valence-electron chi connectivity index (χ2n) is 4.75. The van der Waals surface area contributed by atoms with E-state index in [1.165, 1.54) is 6.21 Å². The summed E-state index contributed by atoms with van der Waals surface area (Å²) in [5.41, 5.74) is 3.02. The lowest BCUT2D eigenvalue weighted by atomic mass is 10.2. The van der Waals surface area contributed by atoms with E-state index in [-0.39, 0.29) is 13.4 Å². The van der Waals surface area contributed by atoms with Gasteiger partial charge in [-0.25, -0.2) is 5.43 Å². The quantitative estimate of drug-likeness (QED) is 0.651. The van der Waals surface area contributed by atoms with Crippen LogP contribution >= 0.6 is 23.2 Å². The molecule has 0 aromatic heterocycles. The van der Waals surface area contributed by atoms with Gasteiger partial charge in [0.15, 0.2) is 18.1 Å². The average Bonchev–Trinajstić information content (AvgIpc) is 3.03. The minimum absolute atomic E-state index is 0.131. The second kappa shape index (κ2) is 7.42. The number of para-hydroxylation sites is 1. The molecule has 3 rings (SSSR count). The number of nitrogens with zero attached hydrogens (tertiary/aromatic N) is 1. The van der Waals surface area contributed by atoms with Gasteiger partial charge in [0.2, 0.25) is 6.79 Å². The second-order valence-corrected chi connectivity index (χ2v) is 5.56. The largest absolute Gasteiger partial charge is 0.482 e. The molecule has 0 saturated heterocycles. The molecule has 0 fully saturated rings. The zero-order valence-electron chi connectivity index (χ0n) is 12.3. The Hall–Kier alpha value is -2.44. The van der Waals surface area contributed by atoms with Crippen molar-refractivity contribution < 1.29 is 19.0 Å². The monoisotopic (exact) mass is 366 g/mol. The standard InChI is InChI=1S/C16H12Cl2N2O4/c17-11-3-1-2-4-13(11)22-8-15(21)20-19-7-10-5-12(18)16-14(6-10)23-9-24-16/h1-7H,8-9H2,(H,20,21)/b19-7-. The number of hydrogen-bond acceptors (Lipinski definition) is 5. The lowest BCUT2D eigenvalue weighted by molar-refractivity contribution is -0.123. The molecule has 0 radical (unpaired) electrons. The van der Waals surface area contributed by atoms with E-state index in [0.717, 1.165) is 0 Å². The summed E-state index contributed by atoms with van der Waals surface area (Å²) in [5.74, 6) is 1.06. The van der Waals surface area contributed by atoms with Gasteiger partial charge in [0, 0.05) is 0 Å². The van der Waals surface area contributed by atoms with Crippen LogP contribution in [0.3, 0.4) is 0 Å². The number of carbonyl (C=O) groups excluding carboxylic acids is 1. The first kappa shape index (κ1) is 16.4. The number of nitrogens with one attached hydrogen (secondary N) is 1. The van der Waals surface area contributed by atoms with E-state index in [1.807, 2.05) is 0 Å². The van der Waals surface area contributed by atoms with Crippen molar-refractivity contribution in [1.29, 1.82) is 0 Å². The molecule has 1 aliphatic heterocycles. The molecular weight excluding hydrogens is 355 g/mol. The van der Waals surface area contributed by atoms with Crippen LogP contribution in [-0.2, 0) is 4.79 Å². The van der Waals surface area contributed by atoms with Crippen molar-refractivity contribution in [2.24, 2.45) is 5.10 Å². The third kappa shape index (κ3) is 3.90.